The molecule has 0 aromatic carbocycles. The number of hydrogen-bond acceptors (Lipinski definition) is 0. The monoisotopic (exact) mass is 930 g/mol. The molecule has 0 aromatic rings. The van der Waals surface area contributed by atoms with Crippen molar-refractivity contribution in [2.24, 2.45) is 0 Å². The Labute approximate surface area is 220 Å². The zero-order valence-corrected chi connectivity index (χ0v) is 21.7. The second-order valence-corrected chi connectivity index (χ2v) is 21.5. The van der Waals surface area contributed by atoms with Gasteiger partial charge in [0.1, 0.15) is 0 Å². The van der Waals surface area contributed by atoms with Gasteiger partial charge < -0.3 is 0 Å². The van der Waals surface area contributed by atoms with Crippen molar-refractivity contribution in [2.75, 3.05) is 0 Å². The first-order valence-corrected chi connectivity index (χ1v) is 18.3. The molecule has 0 N–H and O–H groups in total. The average molecular weight is 930 g/mol. The van der Waals surface area contributed by atoms with E-state index in [0.29, 0.717) is 0 Å². The van der Waals surface area contributed by atoms with Crippen LogP contribution in [0, 0.1) is 0 Å². The van der Waals surface area contributed by atoms with Gasteiger partial charge in [0.2, 0.25) is 0 Å². The molecular weight excluding hydrogens is 930 g/mol. The van der Waals surface area contributed by atoms with Gasteiger partial charge in [-0.2, -0.15) is 0 Å². The van der Waals surface area contributed by atoms with Crippen molar-refractivity contribution in [3.8, 4) is 0 Å². The van der Waals surface area contributed by atoms with Gasteiger partial charge in [-0.1, -0.05) is 0 Å². The third kappa shape index (κ3) is 5.26. The molecule has 0 atom stereocenters. The van der Waals surface area contributed by atoms with Crippen LogP contribution in [0.1, 0.15) is 0 Å². The number of hydrogen-bond donors (Lipinski definition) is 0. The van der Waals surface area contributed by atoms with Crippen LogP contribution in [0.2, 0.25) is 0 Å². The van der Waals surface area contributed by atoms with Gasteiger partial charge in [0, 0.05) is 0 Å². The standard InChI is InChI=1S/C12F28I2/c13-1(14,5(21,22)9(29,30)31)3(17,18)7(25,26)11(35,36)41(39)42(40)12(37,38)8(27,28)4(19,20)2(15,16)6(23,24)10(32,33)34. The summed E-state index contributed by atoms with van der Waals surface area (Å²) in [4.78, 5) is 0. The van der Waals surface area contributed by atoms with Crippen molar-refractivity contribution in [3.05, 3.63) is 0 Å². The number of rotatable bonds is 11. The van der Waals surface area contributed by atoms with Crippen LogP contribution in [-0.4, -0.2) is 67.6 Å². The normalized spacial score (nSPS) is 17.4. The molecule has 42 heavy (non-hydrogen) atoms. The van der Waals surface area contributed by atoms with Crippen LogP contribution < -0.4 is 0 Å². The molecule has 0 aliphatic heterocycles. The molecule has 0 amide bonds. The summed E-state index contributed by atoms with van der Waals surface area (Å²) >= 11 is -18.4. The fourth-order valence-electron chi connectivity index (χ4n) is 1.84. The molecule has 0 saturated heterocycles. The minimum atomic E-state index is -9.21. The van der Waals surface area contributed by atoms with Crippen molar-refractivity contribution in [1.82, 2.24) is 0 Å². The Morgan fingerprint density at radius 3 is 0.500 bits per heavy atom. The van der Waals surface area contributed by atoms with Gasteiger partial charge >= 0.3 is 220 Å². The van der Waals surface area contributed by atoms with Gasteiger partial charge in [-0.3, -0.25) is 0 Å². The Kier molecular flexibility index (Phi) is 10.4. The molecule has 0 unspecified atom stereocenters. The van der Waals surface area contributed by atoms with Crippen LogP contribution in [0.15, 0.2) is 0 Å². The Hall–Kier alpha value is -0.500. The van der Waals surface area contributed by atoms with E-state index in [2.05, 4.69) is 0 Å². The Morgan fingerprint density at radius 2 is 0.357 bits per heavy atom. The van der Waals surface area contributed by atoms with E-state index in [1.54, 1.807) is 0 Å². The zero-order valence-electron chi connectivity index (χ0n) is 17.3. The molecule has 0 aromatic heterocycles. The zero-order chi connectivity index (χ0) is 35.2. The quantitative estimate of drug-likeness (QED) is 0.110. The summed E-state index contributed by atoms with van der Waals surface area (Å²) in [5, 5.41) is 0. The summed E-state index contributed by atoms with van der Waals surface area (Å²) in [6.07, 6.45) is -16.2. The third-order valence-electron chi connectivity index (χ3n) is 4.26. The van der Waals surface area contributed by atoms with Crippen LogP contribution in [0.3, 0.4) is 0 Å². The number of halogens is 30. The summed E-state index contributed by atoms with van der Waals surface area (Å²) in [6.45, 7) is 0. The first kappa shape index (κ1) is 41.5. The van der Waals surface area contributed by atoms with Crippen LogP contribution in [0.4, 0.5) is 120 Å². The summed E-state index contributed by atoms with van der Waals surface area (Å²) in [5.41, 5.74) is 0. The van der Waals surface area contributed by atoms with E-state index >= 15 is 0 Å². The molecule has 0 radical (unpaired) electrons. The van der Waals surface area contributed by atoms with Gasteiger partial charge in [0.15, 0.2) is 0 Å². The van der Waals surface area contributed by atoms with Crippen molar-refractivity contribution < 1.29 is 120 Å². The minimum absolute atomic E-state index is 8.10. The first-order chi connectivity index (χ1) is 17.6. The van der Waals surface area contributed by atoms with Gasteiger partial charge in [0.25, 0.3) is 0 Å². The fraction of sp³-hybridized carbons (Fsp3) is 1.00. The van der Waals surface area contributed by atoms with E-state index in [0.717, 1.165) is 0 Å². The first-order valence-electron chi connectivity index (χ1n) is 8.22. The predicted molar refractivity (Wildman–Crippen MR) is 91.8 cm³/mol. The van der Waals surface area contributed by atoms with Gasteiger partial charge in [0.05, 0.1) is 0 Å². The van der Waals surface area contributed by atoms with Crippen molar-refractivity contribution in [2.45, 2.75) is 67.6 Å². The summed E-state index contributed by atoms with van der Waals surface area (Å²) in [7, 11) is 0. The summed E-state index contributed by atoms with van der Waals surface area (Å²) in [6, 6.07) is 0. The third-order valence-corrected chi connectivity index (χ3v) is 19.4. The molecule has 0 spiro atoms. The van der Waals surface area contributed by atoms with Crippen LogP contribution in [0.5, 0.6) is 0 Å². The Morgan fingerprint density at radius 1 is 0.214 bits per heavy atom. The molecule has 0 saturated carbocycles. The molecule has 0 aliphatic carbocycles. The molecule has 258 valence electrons. The van der Waals surface area contributed by atoms with E-state index in [9.17, 15) is 120 Å². The molecule has 0 rings (SSSR count). The second kappa shape index (κ2) is 10.5. The van der Waals surface area contributed by atoms with Crippen molar-refractivity contribution >= 4 is 32.8 Å². The topological polar surface area (TPSA) is 0 Å². The SMILES string of the molecule is FI(I(F)C(F)(F)C(F)(F)C(F)(F)C(F)(F)C(F)(F)C(F)(F)F)C(F)(F)C(F)(F)C(F)(F)C(F)(F)C(F)(F)C(F)(F)F. The Bertz CT molecular complexity index is 890. The second-order valence-electron chi connectivity index (χ2n) is 6.98. The van der Waals surface area contributed by atoms with E-state index in [4.69, 9.17) is 0 Å². The predicted octanol–water partition coefficient (Wildman–Crippen LogP) is 11.1. The average Bonchev–Trinajstić information content (AvgIpc) is 2.75. The molecular formula is C12F28I2. The number of alkyl halides is 28. The molecule has 30 heteroatoms. The van der Waals surface area contributed by atoms with Crippen molar-refractivity contribution in [3.63, 3.8) is 0 Å². The maximum absolute atomic E-state index is 13.7. The van der Waals surface area contributed by atoms with Gasteiger partial charge in [-0.25, -0.2) is 0 Å². The van der Waals surface area contributed by atoms with Crippen LogP contribution in [-0.2, 0) is 0 Å². The van der Waals surface area contributed by atoms with Crippen molar-refractivity contribution in [1.29, 1.82) is 0 Å². The fourth-order valence-corrected chi connectivity index (χ4v) is 13.9. The van der Waals surface area contributed by atoms with E-state index in [1.807, 2.05) is 0 Å². The molecule has 0 fully saturated rings. The molecule has 0 heterocycles. The summed E-state index contributed by atoms with van der Waals surface area (Å²) in [5.74, 6) is -71.0. The van der Waals surface area contributed by atoms with Gasteiger partial charge in [-0.05, 0) is 0 Å². The van der Waals surface area contributed by atoms with Crippen LogP contribution in [0.25, 0.3) is 0 Å². The van der Waals surface area contributed by atoms with Crippen LogP contribution >= 0.6 is 32.8 Å². The van der Waals surface area contributed by atoms with E-state index < -0.39 is 100 Å². The molecule has 0 aliphatic rings. The molecule has 0 nitrogen and oxygen atoms in total. The Balaban J connectivity index is 7.03. The maximum atomic E-state index is 13.7. The van der Waals surface area contributed by atoms with E-state index in [-0.39, 0.29) is 0 Å². The molecule has 0 bridgehead atoms. The van der Waals surface area contributed by atoms with E-state index in [1.165, 1.54) is 0 Å². The summed E-state index contributed by atoms with van der Waals surface area (Å²) < 4.78 is 346. The van der Waals surface area contributed by atoms with Gasteiger partial charge in [-0.15, -0.1) is 0 Å².